The Kier molecular flexibility index (Phi) is 3.03. The minimum atomic E-state index is 0.255. The van der Waals surface area contributed by atoms with E-state index < -0.39 is 0 Å². The molecule has 7 nitrogen and oxygen atoms in total. The molecule has 0 N–H and O–H groups in total. The quantitative estimate of drug-likeness (QED) is 0.707. The fraction of sp³-hybridized carbons (Fsp3) is 0.308. The molecule has 0 bridgehead atoms. The van der Waals surface area contributed by atoms with Gasteiger partial charge in [0.15, 0.2) is 5.82 Å². The maximum Gasteiger partial charge on any atom is 0.222 e. The van der Waals surface area contributed by atoms with Gasteiger partial charge >= 0.3 is 0 Å². The van der Waals surface area contributed by atoms with E-state index in [2.05, 4.69) is 52.4 Å². The minimum absolute atomic E-state index is 0.255. The number of hydrogen-bond acceptors (Lipinski definition) is 6. The lowest BCUT2D eigenvalue weighted by molar-refractivity contribution is 0.706. The topological polar surface area (TPSA) is 72.1 Å². The van der Waals surface area contributed by atoms with Gasteiger partial charge in [0, 0.05) is 29.6 Å². The predicted octanol–water partition coefficient (Wildman–Crippen LogP) is 2.02. The molecule has 0 aromatic carbocycles. The third kappa shape index (κ3) is 2.15. The van der Waals surface area contributed by atoms with Crippen LogP contribution in [0.2, 0.25) is 0 Å². The molecular weight excluding hydrogens is 334 g/mol. The summed E-state index contributed by atoms with van der Waals surface area (Å²) in [5.74, 6) is 0.824. The van der Waals surface area contributed by atoms with Gasteiger partial charge in [0.25, 0.3) is 0 Å². The summed E-state index contributed by atoms with van der Waals surface area (Å²) in [7, 11) is 0. The van der Waals surface area contributed by atoms with Crippen LogP contribution < -0.4 is 4.90 Å². The van der Waals surface area contributed by atoms with Gasteiger partial charge in [0.2, 0.25) is 5.65 Å². The average molecular weight is 346 g/mol. The highest BCUT2D eigenvalue weighted by atomic mass is 79.9. The summed E-state index contributed by atoms with van der Waals surface area (Å²) in [5.41, 5.74) is 1.87. The van der Waals surface area contributed by atoms with Crippen molar-refractivity contribution < 1.29 is 0 Å². The highest BCUT2D eigenvalue weighted by Crippen LogP contribution is 2.36. The first kappa shape index (κ1) is 12.6. The molecule has 1 saturated heterocycles. The minimum Gasteiger partial charge on any atom is -0.346 e. The number of halogens is 1. The molecule has 3 aromatic heterocycles. The molecule has 0 aliphatic carbocycles. The molecule has 3 aromatic rings. The molecule has 0 unspecified atom stereocenters. The van der Waals surface area contributed by atoms with Crippen LogP contribution in [0, 0.1) is 0 Å². The predicted molar refractivity (Wildman–Crippen MR) is 79.8 cm³/mol. The van der Waals surface area contributed by atoms with Gasteiger partial charge in [-0.1, -0.05) is 0 Å². The summed E-state index contributed by atoms with van der Waals surface area (Å²) in [6.45, 7) is 0.941. The second kappa shape index (κ2) is 5.03. The van der Waals surface area contributed by atoms with Crippen LogP contribution >= 0.6 is 15.9 Å². The lowest BCUT2D eigenvalue weighted by Crippen LogP contribution is -2.24. The Morgan fingerprint density at radius 2 is 2.24 bits per heavy atom. The smallest absolute Gasteiger partial charge is 0.222 e. The first-order valence-electron chi connectivity index (χ1n) is 6.73. The largest absolute Gasteiger partial charge is 0.346 e. The van der Waals surface area contributed by atoms with E-state index in [9.17, 15) is 0 Å². The van der Waals surface area contributed by atoms with E-state index in [0.717, 1.165) is 29.7 Å². The fourth-order valence-corrected chi connectivity index (χ4v) is 3.23. The van der Waals surface area contributed by atoms with Gasteiger partial charge in [-0.05, 0) is 50.8 Å². The SMILES string of the molecule is Brc1cncc([C@@H]2CCCN2c2nccn3nnnc23)c1. The van der Waals surface area contributed by atoms with Crippen LogP contribution in [0.3, 0.4) is 0 Å². The van der Waals surface area contributed by atoms with Gasteiger partial charge in [0.05, 0.1) is 12.2 Å². The van der Waals surface area contributed by atoms with Crippen molar-refractivity contribution in [2.45, 2.75) is 18.9 Å². The van der Waals surface area contributed by atoms with E-state index >= 15 is 0 Å². The lowest BCUT2D eigenvalue weighted by Gasteiger charge is -2.25. The van der Waals surface area contributed by atoms with Crippen LogP contribution in [0.15, 0.2) is 35.3 Å². The molecule has 8 heteroatoms. The zero-order valence-electron chi connectivity index (χ0n) is 11.1. The van der Waals surface area contributed by atoms with Crippen LogP contribution in [0.4, 0.5) is 5.82 Å². The maximum atomic E-state index is 4.49. The Morgan fingerprint density at radius 3 is 3.14 bits per heavy atom. The Hall–Kier alpha value is -2.09. The Balaban J connectivity index is 1.78. The first-order valence-corrected chi connectivity index (χ1v) is 7.52. The zero-order chi connectivity index (χ0) is 14.2. The summed E-state index contributed by atoms with van der Waals surface area (Å²) in [6, 6.07) is 2.36. The highest BCUT2D eigenvalue weighted by molar-refractivity contribution is 9.10. The van der Waals surface area contributed by atoms with Gasteiger partial charge in [-0.15, -0.1) is 5.10 Å². The average Bonchev–Trinajstić information content (AvgIpc) is 3.16. The van der Waals surface area contributed by atoms with E-state index in [1.54, 1.807) is 23.1 Å². The van der Waals surface area contributed by atoms with Crippen molar-refractivity contribution in [1.82, 2.24) is 30.0 Å². The van der Waals surface area contributed by atoms with Crippen LogP contribution in [-0.4, -0.2) is 36.6 Å². The normalized spacial score (nSPS) is 18.5. The van der Waals surface area contributed by atoms with Crippen LogP contribution in [0.1, 0.15) is 24.4 Å². The summed E-state index contributed by atoms with van der Waals surface area (Å²) in [5, 5.41) is 11.7. The number of rotatable bonds is 2. The number of nitrogens with zero attached hydrogens (tertiary/aromatic N) is 7. The van der Waals surface area contributed by atoms with Gasteiger partial charge in [-0.25, -0.2) is 4.98 Å². The van der Waals surface area contributed by atoms with Crippen LogP contribution in [0.25, 0.3) is 5.65 Å². The summed E-state index contributed by atoms with van der Waals surface area (Å²) >= 11 is 3.49. The van der Waals surface area contributed by atoms with Crippen molar-refractivity contribution >= 4 is 27.4 Å². The molecule has 1 aliphatic heterocycles. The van der Waals surface area contributed by atoms with Gasteiger partial charge < -0.3 is 4.90 Å². The Labute approximate surface area is 129 Å². The molecule has 106 valence electrons. The molecule has 0 radical (unpaired) electrons. The van der Waals surface area contributed by atoms with Crippen molar-refractivity contribution in [2.75, 3.05) is 11.4 Å². The molecular formula is C13H12BrN7. The number of pyridine rings is 1. The van der Waals surface area contributed by atoms with Crippen LogP contribution in [0.5, 0.6) is 0 Å². The number of fused-ring (bicyclic) bond motifs is 1. The second-order valence-corrected chi connectivity index (χ2v) is 5.90. The molecule has 4 rings (SSSR count). The van der Waals surface area contributed by atoms with E-state index in [4.69, 9.17) is 0 Å². The Morgan fingerprint density at radius 1 is 1.29 bits per heavy atom. The Bertz CT molecular complexity index is 787. The number of anilines is 1. The second-order valence-electron chi connectivity index (χ2n) is 4.99. The fourth-order valence-electron chi connectivity index (χ4n) is 2.85. The van der Waals surface area contributed by atoms with Crippen LogP contribution in [-0.2, 0) is 0 Å². The molecule has 0 amide bonds. The molecule has 1 atom stereocenters. The van der Waals surface area contributed by atoms with E-state index in [1.165, 1.54) is 5.56 Å². The molecule has 4 heterocycles. The summed E-state index contributed by atoms with van der Waals surface area (Å²) < 4.78 is 2.64. The monoisotopic (exact) mass is 345 g/mol. The maximum absolute atomic E-state index is 4.49. The van der Waals surface area contributed by atoms with E-state index in [1.807, 2.05) is 6.20 Å². The van der Waals surface area contributed by atoms with Gasteiger partial charge in [-0.2, -0.15) is 4.52 Å². The number of aromatic nitrogens is 6. The first-order chi connectivity index (χ1) is 10.3. The lowest BCUT2D eigenvalue weighted by atomic mass is 10.1. The summed E-state index contributed by atoms with van der Waals surface area (Å²) in [6.07, 6.45) is 9.38. The van der Waals surface area contributed by atoms with Crippen molar-refractivity contribution in [3.63, 3.8) is 0 Å². The molecule has 21 heavy (non-hydrogen) atoms. The molecule has 0 spiro atoms. The molecule has 0 saturated carbocycles. The van der Waals surface area contributed by atoms with E-state index in [-0.39, 0.29) is 6.04 Å². The van der Waals surface area contributed by atoms with Gasteiger partial charge in [-0.3, -0.25) is 4.98 Å². The van der Waals surface area contributed by atoms with Gasteiger partial charge in [0.1, 0.15) is 0 Å². The standard InChI is InChI=1S/C13H12BrN7/c14-10-6-9(7-15-8-10)11-2-1-4-20(11)12-13-17-18-19-21(13)5-3-16-12/h3,5-8,11H,1-2,4H2/t11-/m0/s1. The third-order valence-corrected chi connectivity index (χ3v) is 4.17. The third-order valence-electron chi connectivity index (χ3n) is 3.73. The molecule has 1 aliphatic rings. The van der Waals surface area contributed by atoms with Crippen molar-refractivity contribution in [3.8, 4) is 0 Å². The molecule has 1 fully saturated rings. The summed E-state index contributed by atoms with van der Waals surface area (Å²) in [4.78, 5) is 11.0. The van der Waals surface area contributed by atoms with E-state index in [0.29, 0.717) is 5.65 Å². The number of hydrogen-bond donors (Lipinski definition) is 0. The van der Waals surface area contributed by atoms with Crippen molar-refractivity contribution in [2.24, 2.45) is 0 Å². The highest BCUT2D eigenvalue weighted by Gasteiger charge is 2.29. The van der Waals surface area contributed by atoms with Crippen molar-refractivity contribution in [3.05, 3.63) is 40.9 Å². The van der Waals surface area contributed by atoms with Crippen molar-refractivity contribution in [1.29, 1.82) is 0 Å². The zero-order valence-corrected chi connectivity index (χ0v) is 12.7. The number of tetrazole rings is 1.